The Balaban J connectivity index is 1.49. The first-order chi connectivity index (χ1) is 14.3. The van der Waals surface area contributed by atoms with E-state index in [1.165, 1.54) is 23.0 Å². The molecule has 1 fully saturated rings. The fraction of sp³-hybridized carbons (Fsp3) is 0.444. The predicted molar refractivity (Wildman–Crippen MR) is 99.3 cm³/mol. The van der Waals surface area contributed by atoms with Gasteiger partial charge in [0.15, 0.2) is 17.3 Å². The molecule has 30 heavy (non-hydrogen) atoms. The SMILES string of the molecule is O[C@@H]1CCC(Nc2ncc3nnn(-c4ccc(OC[C@H](O)C(F)(F)F)cc4)c3n2)C1. The molecule has 12 heteroatoms. The second-order valence-electron chi connectivity index (χ2n) is 7.07. The number of fused-ring (bicyclic) bond motifs is 1. The summed E-state index contributed by atoms with van der Waals surface area (Å²) in [5, 5.41) is 29.9. The first-order valence-corrected chi connectivity index (χ1v) is 9.30. The van der Waals surface area contributed by atoms with Gasteiger partial charge in [-0.1, -0.05) is 5.21 Å². The molecular formula is C18H19F3N6O3. The second-order valence-corrected chi connectivity index (χ2v) is 7.07. The molecule has 1 aromatic carbocycles. The number of hydrogen-bond acceptors (Lipinski definition) is 8. The third kappa shape index (κ3) is 4.44. The van der Waals surface area contributed by atoms with Crippen molar-refractivity contribution in [3.8, 4) is 11.4 Å². The molecule has 0 spiro atoms. The highest BCUT2D eigenvalue weighted by molar-refractivity contribution is 5.72. The third-order valence-corrected chi connectivity index (χ3v) is 4.80. The predicted octanol–water partition coefficient (Wildman–Crippen LogP) is 1.84. The van der Waals surface area contributed by atoms with Gasteiger partial charge in [-0.3, -0.25) is 0 Å². The maximum absolute atomic E-state index is 12.4. The number of aliphatic hydroxyl groups is 2. The molecule has 0 bridgehead atoms. The monoisotopic (exact) mass is 424 g/mol. The molecule has 0 saturated heterocycles. The zero-order valence-electron chi connectivity index (χ0n) is 15.6. The minimum Gasteiger partial charge on any atom is -0.491 e. The van der Waals surface area contributed by atoms with Crippen molar-refractivity contribution in [3.05, 3.63) is 30.5 Å². The maximum Gasteiger partial charge on any atom is 0.417 e. The molecule has 3 atom stereocenters. The first-order valence-electron chi connectivity index (χ1n) is 9.30. The van der Waals surface area contributed by atoms with E-state index in [1.807, 2.05) is 0 Å². The smallest absolute Gasteiger partial charge is 0.417 e. The quantitative estimate of drug-likeness (QED) is 0.549. The topological polar surface area (TPSA) is 118 Å². The van der Waals surface area contributed by atoms with Crippen LogP contribution in [0.2, 0.25) is 0 Å². The number of aromatic nitrogens is 5. The molecule has 4 rings (SSSR count). The van der Waals surface area contributed by atoms with Gasteiger partial charge >= 0.3 is 6.18 Å². The van der Waals surface area contributed by atoms with E-state index < -0.39 is 18.9 Å². The molecule has 1 saturated carbocycles. The van der Waals surface area contributed by atoms with E-state index >= 15 is 0 Å². The third-order valence-electron chi connectivity index (χ3n) is 4.80. The van der Waals surface area contributed by atoms with Gasteiger partial charge in [-0.25, -0.2) is 4.98 Å². The maximum atomic E-state index is 12.4. The number of aliphatic hydroxyl groups excluding tert-OH is 2. The Labute approximate surface area is 168 Å². The summed E-state index contributed by atoms with van der Waals surface area (Å²) in [7, 11) is 0. The zero-order chi connectivity index (χ0) is 21.3. The summed E-state index contributed by atoms with van der Waals surface area (Å²) >= 11 is 0. The Hall–Kier alpha value is -2.99. The average Bonchev–Trinajstić information content (AvgIpc) is 3.31. The van der Waals surface area contributed by atoms with Gasteiger partial charge in [0.05, 0.1) is 18.0 Å². The largest absolute Gasteiger partial charge is 0.491 e. The lowest BCUT2D eigenvalue weighted by molar-refractivity contribution is -0.210. The number of anilines is 1. The highest BCUT2D eigenvalue weighted by Crippen LogP contribution is 2.24. The van der Waals surface area contributed by atoms with Crippen LogP contribution >= 0.6 is 0 Å². The Morgan fingerprint density at radius 2 is 2.00 bits per heavy atom. The van der Waals surface area contributed by atoms with Crippen molar-refractivity contribution < 1.29 is 28.1 Å². The van der Waals surface area contributed by atoms with Gasteiger partial charge in [0.1, 0.15) is 12.4 Å². The normalized spacial score (nSPS) is 20.4. The summed E-state index contributed by atoms with van der Waals surface area (Å²) in [5.41, 5.74) is 1.50. The fourth-order valence-electron chi connectivity index (χ4n) is 3.20. The van der Waals surface area contributed by atoms with E-state index in [0.717, 1.165) is 12.8 Å². The molecule has 3 aromatic rings. The van der Waals surface area contributed by atoms with Crippen LogP contribution in [0.3, 0.4) is 0 Å². The van der Waals surface area contributed by atoms with Gasteiger partial charge in [-0.2, -0.15) is 22.8 Å². The summed E-state index contributed by atoms with van der Waals surface area (Å²) in [4.78, 5) is 8.68. The van der Waals surface area contributed by atoms with Crippen molar-refractivity contribution >= 4 is 17.1 Å². The minimum absolute atomic E-state index is 0.0882. The van der Waals surface area contributed by atoms with E-state index in [1.54, 1.807) is 12.1 Å². The lowest BCUT2D eigenvalue weighted by Gasteiger charge is -2.15. The molecule has 9 nitrogen and oxygen atoms in total. The van der Waals surface area contributed by atoms with Gasteiger partial charge in [-0.15, -0.1) is 5.10 Å². The van der Waals surface area contributed by atoms with E-state index in [0.29, 0.717) is 29.2 Å². The van der Waals surface area contributed by atoms with Crippen LogP contribution in [0.25, 0.3) is 16.9 Å². The molecule has 2 aromatic heterocycles. The van der Waals surface area contributed by atoms with E-state index in [4.69, 9.17) is 9.84 Å². The van der Waals surface area contributed by atoms with Crippen molar-refractivity contribution in [3.63, 3.8) is 0 Å². The molecule has 160 valence electrons. The Morgan fingerprint density at radius 3 is 2.67 bits per heavy atom. The number of hydrogen-bond donors (Lipinski definition) is 3. The van der Waals surface area contributed by atoms with Crippen molar-refractivity contribution in [2.45, 2.75) is 43.7 Å². The first kappa shape index (κ1) is 20.3. The van der Waals surface area contributed by atoms with Crippen molar-refractivity contribution in [2.24, 2.45) is 0 Å². The van der Waals surface area contributed by atoms with Crippen LogP contribution in [0.15, 0.2) is 30.5 Å². The van der Waals surface area contributed by atoms with Crippen molar-refractivity contribution in [2.75, 3.05) is 11.9 Å². The van der Waals surface area contributed by atoms with Gasteiger partial charge in [0.25, 0.3) is 0 Å². The van der Waals surface area contributed by atoms with Gasteiger partial charge in [-0.05, 0) is 43.5 Å². The molecule has 3 N–H and O–H groups in total. The Morgan fingerprint density at radius 1 is 1.23 bits per heavy atom. The number of halogens is 3. The molecule has 1 unspecified atom stereocenters. The molecule has 0 aliphatic heterocycles. The number of nitrogens with one attached hydrogen (secondary N) is 1. The van der Waals surface area contributed by atoms with Crippen LogP contribution in [-0.2, 0) is 0 Å². The zero-order valence-corrected chi connectivity index (χ0v) is 15.6. The highest BCUT2D eigenvalue weighted by Gasteiger charge is 2.38. The molecule has 1 aliphatic carbocycles. The fourth-order valence-corrected chi connectivity index (χ4v) is 3.20. The van der Waals surface area contributed by atoms with Gasteiger partial charge in [0, 0.05) is 6.04 Å². The Bertz CT molecular complexity index is 1010. The summed E-state index contributed by atoms with van der Waals surface area (Å²) < 4.78 is 43.5. The van der Waals surface area contributed by atoms with Crippen molar-refractivity contribution in [1.29, 1.82) is 0 Å². The minimum atomic E-state index is -4.73. The summed E-state index contributed by atoms with van der Waals surface area (Å²) in [6, 6.07) is 6.20. The Kier molecular flexibility index (Phi) is 5.43. The standard InChI is InChI=1S/C18H19F3N6O3/c19-18(20,21)15(29)9-30-13-5-2-11(3-6-13)27-16-14(25-26-27)8-22-17(24-16)23-10-1-4-12(28)7-10/h2-3,5-6,8,10,12,15,28-29H,1,4,7,9H2,(H,22,23,24)/t10?,12-,15+/m1/s1. The van der Waals surface area contributed by atoms with Crippen molar-refractivity contribution in [1.82, 2.24) is 25.0 Å². The van der Waals surface area contributed by atoms with Crippen LogP contribution < -0.4 is 10.1 Å². The van der Waals surface area contributed by atoms with Gasteiger partial charge < -0.3 is 20.3 Å². The lowest BCUT2D eigenvalue weighted by Crippen LogP contribution is -2.34. The summed E-state index contributed by atoms with van der Waals surface area (Å²) in [6.45, 7) is -0.896. The highest BCUT2D eigenvalue weighted by atomic mass is 19.4. The molecule has 0 amide bonds. The lowest BCUT2D eigenvalue weighted by atomic mass is 10.2. The summed E-state index contributed by atoms with van der Waals surface area (Å²) in [5.74, 6) is 0.564. The molecule has 0 radical (unpaired) electrons. The van der Waals surface area contributed by atoms with Crippen LogP contribution in [0.1, 0.15) is 19.3 Å². The van der Waals surface area contributed by atoms with E-state index in [2.05, 4.69) is 25.6 Å². The van der Waals surface area contributed by atoms with E-state index in [-0.39, 0.29) is 17.9 Å². The number of nitrogens with zero attached hydrogens (tertiary/aromatic N) is 5. The number of ether oxygens (including phenoxy) is 1. The molecule has 2 heterocycles. The number of alkyl halides is 3. The molecule has 1 aliphatic rings. The van der Waals surface area contributed by atoms with Gasteiger partial charge in [0.2, 0.25) is 5.95 Å². The number of rotatable bonds is 6. The second kappa shape index (κ2) is 8.03. The van der Waals surface area contributed by atoms with Crippen LogP contribution in [0, 0.1) is 0 Å². The van der Waals surface area contributed by atoms with Crippen LogP contribution in [-0.4, -0.2) is 66.2 Å². The van der Waals surface area contributed by atoms with Crippen LogP contribution in [0.4, 0.5) is 19.1 Å². The number of benzene rings is 1. The van der Waals surface area contributed by atoms with E-state index in [9.17, 15) is 18.3 Å². The average molecular weight is 424 g/mol. The van der Waals surface area contributed by atoms with Crippen LogP contribution in [0.5, 0.6) is 5.75 Å². The summed E-state index contributed by atoms with van der Waals surface area (Å²) in [6.07, 6.45) is -3.89. The molecular weight excluding hydrogens is 405 g/mol.